The van der Waals surface area contributed by atoms with Gasteiger partial charge in [-0.15, -0.1) is 0 Å². The Kier molecular flexibility index (Phi) is 4.65. The van der Waals surface area contributed by atoms with E-state index in [4.69, 9.17) is 18.0 Å². The van der Waals surface area contributed by atoms with E-state index in [1.807, 2.05) is 6.92 Å². The Morgan fingerprint density at radius 1 is 1.26 bits per heavy atom. The third-order valence-electron chi connectivity index (χ3n) is 3.62. The van der Waals surface area contributed by atoms with Crippen LogP contribution in [0.2, 0.25) is 0 Å². The number of aryl methyl sites for hydroxylation is 1. The van der Waals surface area contributed by atoms with Gasteiger partial charge < -0.3 is 15.6 Å². The van der Waals surface area contributed by atoms with Crippen molar-refractivity contribution in [1.29, 1.82) is 0 Å². The first-order valence-corrected chi connectivity index (χ1v) is 7.54. The van der Waals surface area contributed by atoms with Crippen LogP contribution in [0, 0.1) is 6.92 Å². The van der Waals surface area contributed by atoms with Gasteiger partial charge in [-0.3, -0.25) is 9.59 Å². The highest BCUT2D eigenvalue weighted by atomic mass is 32.1. The summed E-state index contributed by atoms with van der Waals surface area (Å²) in [5.41, 5.74) is 6.48. The normalized spacial score (nSPS) is 11.1. The maximum atomic E-state index is 12.6. The first kappa shape index (κ1) is 16.9. The molecule has 2 aromatic rings. The number of carbonyl (C=O) groups excluding carboxylic acids is 1. The quantitative estimate of drug-likeness (QED) is 0.843. The number of carbonyl (C=O) groups is 1. The number of rotatable bonds is 4. The minimum Gasteiger partial charge on any atom is -0.389 e. The molecule has 2 rings (SSSR count). The van der Waals surface area contributed by atoms with E-state index in [2.05, 4.69) is 5.32 Å². The number of nitrogens with zero attached hydrogens (tertiary/aromatic N) is 1. The van der Waals surface area contributed by atoms with Crippen molar-refractivity contribution in [2.24, 2.45) is 5.73 Å². The number of anilines is 1. The zero-order valence-corrected chi connectivity index (χ0v) is 14.1. The van der Waals surface area contributed by atoms with Crippen LogP contribution in [0.4, 0.5) is 5.69 Å². The van der Waals surface area contributed by atoms with Crippen LogP contribution in [-0.4, -0.2) is 15.5 Å². The average molecular weight is 329 g/mol. The van der Waals surface area contributed by atoms with Crippen LogP contribution in [0.15, 0.2) is 47.4 Å². The molecule has 0 aliphatic rings. The molecular formula is C17H19N3O2S. The summed E-state index contributed by atoms with van der Waals surface area (Å²) in [6, 6.07) is 10.2. The molecule has 6 heteroatoms. The topological polar surface area (TPSA) is 77.1 Å². The summed E-state index contributed by atoms with van der Waals surface area (Å²) in [6.07, 6.45) is 1.67. The molecule has 5 nitrogen and oxygen atoms in total. The third kappa shape index (κ3) is 3.65. The first-order valence-electron chi connectivity index (χ1n) is 7.13. The second-order valence-electron chi connectivity index (χ2n) is 5.87. The fraction of sp³-hybridized carbons (Fsp3) is 0.235. The molecule has 23 heavy (non-hydrogen) atoms. The molecule has 1 aromatic heterocycles. The Hall–Kier alpha value is -2.47. The lowest BCUT2D eigenvalue weighted by Crippen LogP contribution is -2.45. The number of nitrogens with one attached hydrogen (secondary N) is 1. The maximum Gasteiger partial charge on any atom is 0.251 e. The van der Waals surface area contributed by atoms with E-state index in [1.165, 1.54) is 10.6 Å². The highest BCUT2D eigenvalue weighted by Crippen LogP contribution is 2.18. The number of hydrogen-bond donors (Lipinski definition) is 2. The summed E-state index contributed by atoms with van der Waals surface area (Å²) in [6.45, 7) is 5.26. The summed E-state index contributed by atoms with van der Waals surface area (Å²) in [5.74, 6) is -0.301. The second-order valence-corrected chi connectivity index (χ2v) is 6.31. The van der Waals surface area contributed by atoms with Crippen LogP contribution >= 0.6 is 12.2 Å². The van der Waals surface area contributed by atoms with Crippen molar-refractivity contribution in [2.45, 2.75) is 26.3 Å². The van der Waals surface area contributed by atoms with Gasteiger partial charge in [0.25, 0.3) is 5.56 Å². The Bertz CT molecular complexity index is 825. The average Bonchev–Trinajstić information content (AvgIpc) is 2.49. The van der Waals surface area contributed by atoms with E-state index < -0.39 is 5.54 Å². The smallest absolute Gasteiger partial charge is 0.251 e. The molecule has 1 heterocycles. The second kappa shape index (κ2) is 6.34. The summed E-state index contributed by atoms with van der Waals surface area (Å²) in [4.78, 5) is 25.0. The van der Waals surface area contributed by atoms with E-state index in [0.29, 0.717) is 11.3 Å². The molecule has 120 valence electrons. The zero-order valence-electron chi connectivity index (χ0n) is 13.3. The largest absolute Gasteiger partial charge is 0.389 e. The standard InChI is InChI=1S/C17H19N3O2S/c1-11-7-8-14(21)20(10-11)17(2,3)16(22)19-13-6-4-5-12(9-13)15(18)23/h4-10H,1-3H3,(H2,18,23)(H,19,22). The summed E-state index contributed by atoms with van der Waals surface area (Å²) in [5, 5.41) is 2.81. The van der Waals surface area contributed by atoms with Crippen molar-refractivity contribution >= 4 is 28.8 Å². The summed E-state index contributed by atoms with van der Waals surface area (Å²) >= 11 is 4.94. The SMILES string of the molecule is Cc1ccc(=O)n(C(C)(C)C(=O)Nc2cccc(C(N)=S)c2)c1. The van der Waals surface area contributed by atoms with Gasteiger partial charge in [0.05, 0.1) is 0 Å². The van der Waals surface area contributed by atoms with Gasteiger partial charge in [-0.1, -0.05) is 30.4 Å². The van der Waals surface area contributed by atoms with E-state index in [9.17, 15) is 9.59 Å². The molecular weight excluding hydrogens is 310 g/mol. The Labute approximate surface area is 140 Å². The lowest BCUT2D eigenvalue weighted by Gasteiger charge is -2.26. The van der Waals surface area contributed by atoms with E-state index >= 15 is 0 Å². The third-order valence-corrected chi connectivity index (χ3v) is 3.86. The molecule has 0 spiro atoms. The highest BCUT2D eigenvalue weighted by Gasteiger charge is 2.30. The molecule has 0 aliphatic carbocycles. The van der Waals surface area contributed by atoms with Crippen molar-refractivity contribution in [3.05, 3.63) is 64.1 Å². The molecule has 0 saturated heterocycles. The van der Waals surface area contributed by atoms with Gasteiger partial charge >= 0.3 is 0 Å². The monoisotopic (exact) mass is 329 g/mol. The number of aromatic nitrogens is 1. The van der Waals surface area contributed by atoms with Gasteiger partial charge in [0.2, 0.25) is 5.91 Å². The van der Waals surface area contributed by atoms with Gasteiger partial charge in [-0.2, -0.15) is 0 Å². The fourth-order valence-corrected chi connectivity index (χ4v) is 2.30. The van der Waals surface area contributed by atoms with Crippen molar-refractivity contribution < 1.29 is 4.79 Å². The number of hydrogen-bond acceptors (Lipinski definition) is 3. The predicted octanol–water partition coefficient (Wildman–Crippen LogP) is 2.16. The maximum absolute atomic E-state index is 12.6. The Morgan fingerprint density at radius 2 is 1.96 bits per heavy atom. The first-order chi connectivity index (χ1) is 10.7. The van der Waals surface area contributed by atoms with E-state index in [1.54, 1.807) is 50.4 Å². The molecule has 0 bridgehead atoms. The van der Waals surface area contributed by atoms with Crippen LogP contribution in [0.1, 0.15) is 25.0 Å². The van der Waals surface area contributed by atoms with Gasteiger partial charge in [-0.05, 0) is 38.5 Å². The lowest BCUT2D eigenvalue weighted by molar-refractivity contribution is -0.123. The van der Waals surface area contributed by atoms with Crippen LogP contribution < -0.4 is 16.6 Å². The van der Waals surface area contributed by atoms with Crippen LogP contribution in [0.5, 0.6) is 0 Å². The van der Waals surface area contributed by atoms with Gasteiger partial charge in [0, 0.05) is 23.5 Å². The fourth-order valence-electron chi connectivity index (χ4n) is 2.17. The number of amides is 1. The highest BCUT2D eigenvalue weighted by molar-refractivity contribution is 7.80. The summed E-state index contributed by atoms with van der Waals surface area (Å²) in [7, 11) is 0. The minimum atomic E-state index is -1.04. The van der Waals surface area contributed by atoms with Crippen molar-refractivity contribution in [3.8, 4) is 0 Å². The lowest BCUT2D eigenvalue weighted by atomic mass is 10.0. The van der Waals surface area contributed by atoms with Gasteiger partial charge in [0.1, 0.15) is 10.5 Å². The molecule has 0 unspecified atom stereocenters. The van der Waals surface area contributed by atoms with Crippen molar-refractivity contribution in [2.75, 3.05) is 5.32 Å². The van der Waals surface area contributed by atoms with Crippen LogP contribution in [0.3, 0.4) is 0 Å². The van der Waals surface area contributed by atoms with Crippen LogP contribution in [0.25, 0.3) is 0 Å². The van der Waals surface area contributed by atoms with Crippen molar-refractivity contribution in [3.63, 3.8) is 0 Å². The molecule has 0 radical (unpaired) electrons. The Morgan fingerprint density at radius 3 is 2.61 bits per heavy atom. The van der Waals surface area contributed by atoms with E-state index in [0.717, 1.165) is 5.56 Å². The molecule has 0 fully saturated rings. The van der Waals surface area contributed by atoms with Gasteiger partial charge in [0.15, 0.2) is 0 Å². The molecule has 1 amide bonds. The summed E-state index contributed by atoms with van der Waals surface area (Å²) < 4.78 is 1.43. The molecule has 0 aliphatic heterocycles. The van der Waals surface area contributed by atoms with E-state index in [-0.39, 0.29) is 16.5 Å². The van der Waals surface area contributed by atoms with Gasteiger partial charge in [-0.25, -0.2) is 0 Å². The molecule has 3 N–H and O–H groups in total. The molecule has 1 aromatic carbocycles. The zero-order chi connectivity index (χ0) is 17.2. The predicted molar refractivity (Wildman–Crippen MR) is 95.7 cm³/mol. The van der Waals surface area contributed by atoms with Crippen molar-refractivity contribution in [1.82, 2.24) is 4.57 Å². The minimum absolute atomic E-state index is 0.229. The Balaban J connectivity index is 2.32. The number of pyridine rings is 1. The van der Waals surface area contributed by atoms with Crippen LogP contribution in [-0.2, 0) is 10.3 Å². The number of thiocarbonyl (C=S) groups is 1. The number of nitrogens with two attached hydrogens (primary N) is 1. The number of benzene rings is 1. The molecule has 0 saturated carbocycles. The molecule has 0 atom stereocenters.